The first kappa shape index (κ1) is 8.48. The van der Waals surface area contributed by atoms with Gasteiger partial charge in [-0.3, -0.25) is 0 Å². The number of thioether (sulfide) groups is 1. The van der Waals surface area contributed by atoms with Crippen LogP contribution in [0.4, 0.5) is 0 Å². The van der Waals surface area contributed by atoms with Crippen molar-refractivity contribution < 1.29 is 9.53 Å². The van der Waals surface area contributed by atoms with E-state index in [2.05, 4.69) is 14.9 Å². The van der Waals surface area contributed by atoms with E-state index in [0.29, 0.717) is 5.01 Å². The quantitative estimate of drug-likeness (QED) is 0.515. The number of hydrogen-bond donors (Lipinski definition) is 0. The molecule has 1 rings (SSSR count). The summed E-state index contributed by atoms with van der Waals surface area (Å²) >= 11 is 2.69. The minimum absolute atomic E-state index is 0.303. The predicted octanol–water partition coefficient (Wildman–Crippen LogP) is 1.05. The van der Waals surface area contributed by atoms with Gasteiger partial charge in [-0.2, -0.15) is 0 Å². The molecule has 0 aliphatic heterocycles. The van der Waals surface area contributed by atoms with E-state index >= 15 is 0 Å². The Kier molecular flexibility index (Phi) is 2.84. The Labute approximate surface area is 72.0 Å². The number of esters is 1. The number of ether oxygens (including phenoxy) is 1. The smallest absolute Gasteiger partial charge is 0.369 e. The molecule has 11 heavy (non-hydrogen) atoms. The van der Waals surface area contributed by atoms with Gasteiger partial charge in [0.15, 0.2) is 4.34 Å². The zero-order valence-corrected chi connectivity index (χ0v) is 7.66. The van der Waals surface area contributed by atoms with Gasteiger partial charge in [-0.1, -0.05) is 23.1 Å². The molecule has 1 aromatic heterocycles. The van der Waals surface area contributed by atoms with Gasteiger partial charge in [0.05, 0.1) is 7.11 Å². The minimum atomic E-state index is -0.428. The molecule has 0 atom stereocenters. The fourth-order valence-electron chi connectivity index (χ4n) is 0.462. The predicted molar refractivity (Wildman–Crippen MR) is 43.0 cm³/mol. The molecule has 0 fully saturated rings. The largest absolute Gasteiger partial charge is 0.464 e. The summed E-state index contributed by atoms with van der Waals surface area (Å²) in [5, 5.41) is 7.67. The highest BCUT2D eigenvalue weighted by Crippen LogP contribution is 2.19. The van der Waals surface area contributed by atoms with Gasteiger partial charge in [0, 0.05) is 0 Å². The molecule has 0 aliphatic carbocycles. The lowest BCUT2D eigenvalue weighted by atomic mass is 10.7. The van der Waals surface area contributed by atoms with Crippen LogP contribution in [-0.2, 0) is 4.74 Å². The second-order valence-electron chi connectivity index (χ2n) is 1.57. The molecule has 0 spiro atoms. The Morgan fingerprint density at radius 3 is 2.82 bits per heavy atom. The summed E-state index contributed by atoms with van der Waals surface area (Å²) in [6.07, 6.45) is 1.88. The molecule has 0 saturated carbocycles. The van der Waals surface area contributed by atoms with E-state index in [0.717, 1.165) is 4.34 Å². The summed E-state index contributed by atoms with van der Waals surface area (Å²) in [6.45, 7) is 0. The summed E-state index contributed by atoms with van der Waals surface area (Å²) in [5.74, 6) is -0.428. The minimum Gasteiger partial charge on any atom is -0.464 e. The second-order valence-corrected chi connectivity index (χ2v) is 3.60. The van der Waals surface area contributed by atoms with Crippen molar-refractivity contribution in [1.82, 2.24) is 10.2 Å². The molecule has 0 saturated heterocycles. The van der Waals surface area contributed by atoms with Crippen molar-refractivity contribution in [2.24, 2.45) is 0 Å². The Morgan fingerprint density at radius 1 is 1.64 bits per heavy atom. The number of methoxy groups -OCH3 is 1. The molecular weight excluding hydrogens is 184 g/mol. The van der Waals surface area contributed by atoms with E-state index < -0.39 is 5.97 Å². The summed E-state index contributed by atoms with van der Waals surface area (Å²) in [6, 6.07) is 0. The van der Waals surface area contributed by atoms with E-state index in [4.69, 9.17) is 0 Å². The van der Waals surface area contributed by atoms with Gasteiger partial charge >= 0.3 is 5.97 Å². The SMILES string of the molecule is COC(=O)c1nnc(SC)s1. The third kappa shape index (κ3) is 1.90. The second kappa shape index (κ2) is 3.68. The lowest BCUT2D eigenvalue weighted by molar-refractivity contribution is 0.0599. The summed E-state index contributed by atoms with van der Waals surface area (Å²) in [4.78, 5) is 10.8. The molecule has 0 aromatic carbocycles. The normalized spacial score (nSPS) is 9.64. The molecule has 1 aromatic rings. The van der Waals surface area contributed by atoms with Crippen LogP contribution in [0.3, 0.4) is 0 Å². The first-order valence-corrected chi connectivity index (χ1v) is 4.78. The van der Waals surface area contributed by atoms with Gasteiger partial charge < -0.3 is 4.74 Å². The molecule has 60 valence electrons. The number of nitrogens with zero attached hydrogens (tertiary/aromatic N) is 2. The molecule has 4 nitrogen and oxygen atoms in total. The molecule has 0 radical (unpaired) electrons. The van der Waals surface area contributed by atoms with E-state index in [1.165, 1.54) is 30.2 Å². The van der Waals surface area contributed by atoms with Crippen molar-refractivity contribution in [1.29, 1.82) is 0 Å². The Hall–Kier alpha value is -0.620. The Morgan fingerprint density at radius 2 is 2.36 bits per heavy atom. The molecular formula is C5H6N2O2S2. The molecule has 0 amide bonds. The van der Waals surface area contributed by atoms with Crippen LogP contribution in [0.5, 0.6) is 0 Å². The van der Waals surface area contributed by atoms with Crippen molar-refractivity contribution in [3.8, 4) is 0 Å². The fraction of sp³-hybridized carbons (Fsp3) is 0.400. The van der Waals surface area contributed by atoms with Crippen molar-refractivity contribution in [2.45, 2.75) is 4.34 Å². The maximum atomic E-state index is 10.8. The highest BCUT2D eigenvalue weighted by Gasteiger charge is 2.11. The van der Waals surface area contributed by atoms with Crippen LogP contribution in [0, 0.1) is 0 Å². The van der Waals surface area contributed by atoms with Crippen molar-refractivity contribution >= 4 is 29.1 Å². The van der Waals surface area contributed by atoms with Gasteiger partial charge in [0.25, 0.3) is 0 Å². The van der Waals surface area contributed by atoms with Crippen molar-refractivity contribution in [2.75, 3.05) is 13.4 Å². The van der Waals surface area contributed by atoms with Gasteiger partial charge in [-0.05, 0) is 6.26 Å². The van der Waals surface area contributed by atoms with Gasteiger partial charge in [-0.15, -0.1) is 10.2 Å². The topological polar surface area (TPSA) is 52.1 Å². The fourth-order valence-corrected chi connectivity index (χ4v) is 1.65. The Balaban J connectivity index is 2.80. The van der Waals surface area contributed by atoms with Crippen LogP contribution in [0.25, 0.3) is 0 Å². The first-order chi connectivity index (χ1) is 5.27. The average Bonchev–Trinajstić information content (AvgIpc) is 2.50. The van der Waals surface area contributed by atoms with E-state index in [1.54, 1.807) is 0 Å². The van der Waals surface area contributed by atoms with Crippen LogP contribution >= 0.6 is 23.1 Å². The first-order valence-electron chi connectivity index (χ1n) is 2.73. The zero-order chi connectivity index (χ0) is 8.27. The van der Waals surface area contributed by atoms with E-state index in [9.17, 15) is 4.79 Å². The summed E-state index contributed by atoms with van der Waals surface area (Å²) in [5.41, 5.74) is 0. The van der Waals surface area contributed by atoms with Crippen LogP contribution < -0.4 is 0 Å². The molecule has 0 aliphatic rings. The molecule has 0 unspecified atom stereocenters. The third-order valence-corrected chi connectivity index (χ3v) is 2.82. The summed E-state index contributed by atoms with van der Waals surface area (Å²) in [7, 11) is 1.32. The molecule has 0 N–H and O–H groups in total. The van der Waals surface area contributed by atoms with Crippen molar-refractivity contribution in [3.05, 3.63) is 5.01 Å². The lowest BCUT2D eigenvalue weighted by Crippen LogP contribution is -1.99. The molecule has 6 heteroatoms. The monoisotopic (exact) mass is 190 g/mol. The number of aromatic nitrogens is 2. The lowest BCUT2D eigenvalue weighted by Gasteiger charge is -1.88. The van der Waals surface area contributed by atoms with E-state index in [-0.39, 0.29) is 0 Å². The highest BCUT2D eigenvalue weighted by atomic mass is 32.2. The molecule has 0 bridgehead atoms. The summed E-state index contributed by atoms with van der Waals surface area (Å²) < 4.78 is 5.22. The maximum absolute atomic E-state index is 10.8. The number of carbonyl (C=O) groups excluding carboxylic acids is 1. The molecule has 1 heterocycles. The average molecular weight is 190 g/mol. The number of carbonyl (C=O) groups is 1. The van der Waals surface area contributed by atoms with Crippen LogP contribution in [-0.4, -0.2) is 29.5 Å². The van der Waals surface area contributed by atoms with Gasteiger partial charge in [-0.25, -0.2) is 4.79 Å². The van der Waals surface area contributed by atoms with Crippen LogP contribution in [0.15, 0.2) is 4.34 Å². The third-order valence-electron chi connectivity index (χ3n) is 0.941. The zero-order valence-electron chi connectivity index (χ0n) is 6.03. The van der Waals surface area contributed by atoms with Crippen LogP contribution in [0.2, 0.25) is 0 Å². The standard InChI is InChI=1S/C5H6N2O2S2/c1-9-4(8)3-6-7-5(10-2)11-3/h1-2H3. The van der Waals surface area contributed by atoms with Gasteiger partial charge in [0.1, 0.15) is 0 Å². The highest BCUT2D eigenvalue weighted by molar-refractivity contribution is 8.00. The van der Waals surface area contributed by atoms with Gasteiger partial charge in [0.2, 0.25) is 5.01 Å². The van der Waals surface area contributed by atoms with Crippen LogP contribution in [0.1, 0.15) is 9.80 Å². The number of hydrogen-bond acceptors (Lipinski definition) is 6. The van der Waals surface area contributed by atoms with E-state index in [1.807, 2.05) is 6.26 Å². The van der Waals surface area contributed by atoms with Crippen molar-refractivity contribution in [3.63, 3.8) is 0 Å². The number of rotatable bonds is 2. The Bertz CT molecular complexity index is 261. The maximum Gasteiger partial charge on any atom is 0.369 e.